The number of esters is 1. The van der Waals surface area contributed by atoms with E-state index < -0.39 is 6.04 Å². The number of carbonyl (C=O) groups excluding carboxylic acids is 1. The summed E-state index contributed by atoms with van der Waals surface area (Å²) in [5.41, 5.74) is 1.58. The predicted octanol–water partition coefficient (Wildman–Crippen LogP) is -0.133. The maximum atomic E-state index is 11.7. The molecule has 7 heteroatoms. The zero-order chi connectivity index (χ0) is 13.1. The summed E-state index contributed by atoms with van der Waals surface area (Å²) >= 11 is 0. The molecule has 18 heavy (non-hydrogen) atoms. The van der Waals surface area contributed by atoms with Crippen molar-refractivity contribution in [3.63, 3.8) is 0 Å². The molecule has 1 aliphatic rings. The second kappa shape index (κ2) is 5.26. The van der Waals surface area contributed by atoms with Crippen molar-refractivity contribution in [1.29, 1.82) is 0 Å². The van der Waals surface area contributed by atoms with E-state index in [0.717, 1.165) is 11.4 Å². The van der Waals surface area contributed by atoms with Crippen molar-refractivity contribution in [2.75, 3.05) is 31.8 Å². The van der Waals surface area contributed by atoms with Gasteiger partial charge in [0, 0.05) is 6.54 Å². The van der Waals surface area contributed by atoms with Crippen LogP contribution in [0, 0.1) is 13.8 Å². The van der Waals surface area contributed by atoms with Crippen LogP contribution in [0.15, 0.2) is 0 Å². The van der Waals surface area contributed by atoms with Crippen molar-refractivity contribution in [1.82, 2.24) is 15.2 Å². The minimum Gasteiger partial charge on any atom is -0.467 e. The number of ether oxygens (including phenoxy) is 2. The first kappa shape index (κ1) is 12.7. The third-order valence-corrected chi connectivity index (χ3v) is 2.94. The summed E-state index contributed by atoms with van der Waals surface area (Å²) in [5, 5.41) is 8.06. The SMILES string of the molecule is COC(=O)C1COCCN1c1nnc(C)c(C)n1. The van der Waals surface area contributed by atoms with Crippen LogP contribution in [0.3, 0.4) is 0 Å². The number of aromatic nitrogens is 3. The fraction of sp³-hybridized carbons (Fsp3) is 0.636. The van der Waals surface area contributed by atoms with Crippen LogP contribution >= 0.6 is 0 Å². The average Bonchev–Trinajstić information content (AvgIpc) is 2.41. The van der Waals surface area contributed by atoms with Crippen LogP contribution < -0.4 is 4.90 Å². The smallest absolute Gasteiger partial charge is 0.331 e. The Bertz CT molecular complexity index is 452. The van der Waals surface area contributed by atoms with Gasteiger partial charge in [0.1, 0.15) is 0 Å². The highest BCUT2D eigenvalue weighted by Crippen LogP contribution is 2.16. The zero-order valence-electron chi connectivity index (χ0n) is 10.7. The summed E-state index contributed by atoms with van der Waals surface area (Å²) < 4.78 is 10.1. The van der Waals surface area contributed by atoms with E-state index in [2.05, 4.69) is 15.2 Å². The molecule has 1 aliphatic heterocycles. The molecule has 98 valence electrons. The van der Waals surface area contributed by atoms with Gasteiger partial charge in [-0.05, 0) is 13.8 Å². The van der Waals surface area contributed by atoms with E-state index >= 15 is 0 Å². The normalized spacial score (nSPS) is 19.7. The van der Waals surface area contributed by atoms with Crippen LogP contribution in [0.4, 0.5) is 5.95 Å². The number of hydrogen-bond acceptors (Lipinski definition) is 7. The van der Waals surface area contributed by atoms with E-state index in [1.165, 1.54) is 7.11 Å². The molecule has 0 spiro atoms. The predicted molar refractivity (Wildman–Crippen MR) is 63.3 cm³/mol. The molecule has 0 bridgehead atoms. The van der Waals surface area contributed by atoms with Crippen molar-refractivity contribution >= 4 is 11.9 Å². The van der Waals surface area contributed by atoms with E-state index in [1.54, 1.807) is 4.90 Å². The van der Waals surface area contributed by atoms with Crippen LogP contribution in [-0.2, 0) is 14.3 Å². The highest BCUT2D eigenvalue weighted by Gasteiger charge is 2.32. The lowest BCUT2D eigenvalue weighted by atomic mass is 10.2. The van der Waals surface area contributed by atoms with Crippen LogP contribution in [0.1, 0.15) is 11.4 Å². The molecule has 0 amide bonds. The number of aryl methyl sites for hydroxylation is 2. The fourth-order valence-electron chi connectivity index (χ4n) is 1.74. The molecule has 1 fully saturated rings. The Hall–Kier alpha value is -1.76. The first-order chi connectivity index (χ1) is 8.63. The zero-order valence-corrected chi connectivity index (χ0v) is 10.7. The number of carbonyl (C=O) groups is 1. The topological polar surface area (TPSA) is 77.4 Å². The van der Waals surface area contributed by atoms with Crippen LogP contribution in [0.2, 0.25) is 0 Å². The Morgan fingerprint density at radius 3 is 2.83 bits per heavy atom. The van der Waals surface area contributed by atoms with Crippen LogP contribution in [0.25, 0.3) is 0 Å². The Morgan fingerprint density at radius 1 is 1.39 bits per heavy atom. The molecule has 0 aliphatic carbocycles. The van der Waals surface area contributed by atoms with Gasteiger partial charge in [-0.3, -0.25) is 0 Å². The Morgan fingerprint density at radius 2 is 2.17 bits per heavy atom. The van der Waals surface area contributed by atoms with Crippen molar-refractivity contribution in [3.8, 4) is 0 Å². The summed E-state index contributed by atoms with van der Waals surface area (Å²) in [7, 11) is 1.36. The fourth-order valence-corrected chi connectivity index (χ4v) is 1.74. The summed E-state index contributed by atoms with van der Waals surface area (Å²) in [6.07, 6.45) is 0. The molecule has 1 saturated heterocycles. The molecule has 1 aromatic rings. The largest absolute Gasteiger partial charge is 0.467 e. The number of hydrogen-bond donors (Lipinski definition) is 0. The molecule has 0 aromatic carbocycles. The van der Waals surface area contributed by atoms with Crippen LogP contribution in [-0.4, -0.2) is 54.1 Å². The Kier molecular flexibility index (Phi) is 3.71. The lowest BCUT2D eigenvalue weighted by molar-refractivity contribution is -0.144. The third kappa shape index (κ3) is 2.40. The standard InChI is InChI=1S/C11H16N4O3/c1-7-8(2)13-14-11(12-7)15-4-5-18-6-9(15)10(16)17-3/h9H,4-6H2,1-3H3. The van der Waals surface area contributed by atoms with Crippen molar-refractivity contribution in [2.45, 2.75) is 19.9 Å². The Labute approximate surface area is 105 Å². The van der Waals surface area contributed by atoms with Crippen molar-refractivity contribution in [2.24, 2.45) is 0 Å². The van der Waals surface area contributed by atoms with E-state index in [-0.39, 0.29) is 12.6 Å². The first-order valence-electron chi connectivity index (χ1n) is 5.73. The molecule has 0 saturated carbocycles. The highest BCUT2D eigenvalue weighted by molar-refractivity contribution is 5.79. The molecule has 1 atom stereocenters. The minimum atomic E-state index is -0.507. The monoisotopic (exact) mass is 252 g/mol. The van der Waals surface area contributed by atoms with Gasteiger partial charge in [0.25, 0.3) is 0 Å². The maximum Gasteiger partial charge on any atom is 0.331 e. The van der Waals surface area contributed by atoms with Gasteiger partial charge in [-0.25, -0.2) is 9.78 Å². The summed E-state index contributed by atoms with van der Waals surface area (Å²) in [6.45, 7) is 5.06. The Balaban J connectivity index is 2.27. The quantitative estimate of drug-likeness (QED) is 0.678. The average molecular weight is 252 g/mol. The number of rotatable bonds is 2. The second-order valence-corrected chi connectivity index (χ2v) is 4.09. The molecule has 2 heterocycles. The van der Waals surface area contributed by atoms with E-state index in [0.29, 0.717) is 19.1 Å². The van der Waals surface area contributed by atoms with Gasteiger partial charge in [-0.15, -0.1) is 5.10 Å². The van der Waals surface area contributed by atoms with Gasteiger partial charge in [0.05, 0.1) is 31.7 Å². The first-order valence-corrected chi connectivity index (χ1v) is 5.73. The van der Waals surface area contributed by atoms with Crippen molar-refractivity contribution in [3.05, 3.63) is 11.4 Å². The molecular weight excluding hydrogens is 236 g/mol. The van der Waals surface area contributed by atoms with Gasteiger partial charge in [-0.2, -0.15) is 5.10 Å². The van der Waals surface area contributed by atoms with E-state index in [9.17, 15) is 4.79 Å². The van der Waals surface area contributed by atoms with Gasteiger partial charge in [-0.1, -0.05) is 0 Å². The molecule has 2 rings (SSSR count). The van der Waals surface area contributed by atoms with Gasteiger partial charge in [0.2, 0.25) is 5.95 Å². The number of anilines is 1. The molecule has 0 radical (unpaired) electrons. The molecule has 1 aromatic heterocycles. The third-order valence-electron chi connectivity index (χ3n) is 2.94. The lowest BCUT2D eigenvalue weighted by Gasteiger charge is -2.33. The van der Waals surface area contributed by atoms with Crippen molar-refractivity contribution < 1.29 is 14.3 Å². The van der Waals surface area contributed by atoms with Gasteiger partial charge >= 0.3 is 5.97 Å². The second-order valence-electron chi connectivity index (χ2n) is 4.09. The van der Waals surface area contributed by atoms with E-state index in [4.69, 9.17) is 9.47 Å². The van der Waals surface area contributed by atoms with Gasteiger partial charge < -0.3 is 14.4 Å². The summed E-state index contributed by atoms with van der Waals surface area (Å²) in [5.74, 6) is 0.0910. The summed E-state index contributed by atoms with van der Waals surface area (Å²) in [6, 6.07) is -0.507. The maximum absolute atomic E-state index is 11.7. The minimum absolute atomic E-state index is 0.281. The number of nitrogens with zero attached hydrogens (tertiary/aromatic N) is 4. The molecule has 7 nitrogen and oxygen atoms in total. The van der Waals surface area contributed by atoms with Crippen LogP contribution in [0.5, 0.6) is 0 Å². The van der Waals surface area contributed by atoms with E-state index in [1.807, 2.05) is 13.8 Å². The molecular formula is C11H16N4O3. The van der Waals surface area contributed by atoms with Gasteiger partial charge in [0.15, 0.2) is 6.04 Å². The lowest BCUT2D eigenvalue weighted by Crippen LogP contribution is -2.51. The highest BCUT2D eigenvalue weighted by atomic mass is 16.5. The molecule has 1 unspecified atom stereocenters. The molecule has 0 N–H and O–H groups in total. The summed E-state index contributed by atoms with van der Waals surface area (Å²) in [4.78, 5) is 17.8. The number of morpholine rings is 1. The number of methoxy groups -OCH3 is 1.